The second-order valence-corrected chi connectivity index (χ2v) is 8.53. The number of rotatable bonds is 7. The number of carbonyl (C=O) groups excluding carboxylic acids is 5. The Kier molecular flexibility index (Phi) is 7.62. The predicted octanol–water partition coefficient (Wildman–Crippen LogP) is -0.496. The topological polar surface area (TPSA) is 197 Å². The molecule has 14 heteroatoms. The Labute approximate surface area is 199 Å². The number of urea groups is 1. The number of allylic oxidation sites excluding steroid dienone is 2. The lowest BCUT2D eigenvalue weighted by atomic mass is 9.91. The highest BCUT2D eigenvalue weighted by Gasteiger charge is 2.44. The van der Waals surface area contributed by atoms with Gasteiger partial charge in [-0.05, 0) is 24.8 Å². The maximum atomic E-state index is 13.4. The van der Waals surface area contributed by atoms with Crippen molar-refractivity contribution in [2.24, 2.45) is 5.92 Å². The normalized spacial score (nSPS) is 23.7. The van der Waals surface area contributed by atoms with E-state index in [9.17, 15) is 39.0 Å². The second kappa shape index (κ2) is 10.4. The van der Waals surface area contributed by atoms with Crippen molar-refractivity contribution in [3.8, 4) is 0 Å². The van der Waals surface area contributed by atoms with Crippen molar-refractivity contribution >= 4 is 36.0 Å². The van der Waals surface area contributed by atoms with Gasteiger partial charge >= 0.3 is 12.0 Å². The molecule has 35 heavy (non-hydrogen) atoms. The first kappa shape index (κ1) is 25.5. The minimum atomic E-state index is -1.32. The van der Waals surface area contributed by atoms with E-state index in [1.54, 1.807) is 6.92 Å². The van der Waals surface area contributed by atoms with Crippen LogP contribution in [-0.4, -0.2) is 91.5 Å². The molecule has 2 unspecified atom stereocenters. The fourth-order valence-electron chi connectivity index (χ4n) is 4.17. The van der Waals surface area contributed by atoms with Crippen LogP contribution in [-0.2, 0) is 24.0 Å². The van der Waals surface area contributed by atoms with Gasteiger partial charge in [-0.1, -0.05) is 6.92 Å². The van der Waals surface area contributed by atoms with Gasteiger partial charge < -0.3 is 25.4 Å². The molecular formula is C21H27N5O9. The van der Waals surface area contributed by atoms with Gasteiger partial charge in [-0.3, -0.25) is 24.6 Å². The Bertz CT molecular complexity index is 1010. The Morgan fingerprint density at radius 1 is 1.23 bits per heavy atom. The van der Waals surface area contributed by atoms with Crippen molar-refractivity contribution in [3.05, 3.63) is 23.2 Å². The lowest BCUT2D eigenvalue weighted by molar-refractivity contribution is -0.155. The van der Waals surface area contributed by atoms with E-state index < -0.39 is 59.9 Å². The second-order valence-electron chi connectivity index (χ2n) is 8.53. The van der Waals surface area contributed by atoms with Crippen molar-refractivity contribution in [1.29, 1.82) is 0 Å². The molecule has 2 aliphatic heterocycles. The maximum Gasteiger partial charge on any atom is 0.358 e. The monoisotopic (exact) mass is 493 g/mol. The highest BCUT2D eigenvalue weighted by molar-refractivity contribution is 5.97. The highest BCUT2D eigenvalue weighted by atomic mass is 16.4. The number of carboxylic acid groups (broad SMARTS) is 1. The molecular weight excluding hydrogens is 466 g/mol. The summed E-state index contributed by atoms with van der Waals surface area (Å²) in [4.78, 5) is 73.9. The molecule has 0 aromatic heterocycles. The summed E-state index contributed by atoms with van der Waals surface area (Å²) in [5, 5.41) is 33.6. The molecule has 3 atom stereocenters. The Balaban J connectivity index is 1.82. The molecule has 5 N–H and O–H groups in total. The van der Waals surface area contributed by atoms with Crippen molar-refractivity contribution in [2.45, 2.75) is 51.1 Å². The first-order valence-corrected chi connectivity index (χ1v) is 11.1. The van der Waals surface area contributed by atoms with Gasteiger partial charge in [0.1, 0.15) is 18.1 Å². The van der Waals surface area contributed by atoms with Crippen molar-refractivity contribution < 1.29 is 44.1 Å². The van der Waals surface area contributed by atoms with Gasteiger partial charge in [0.2, 0.25) is 11.8 Å². The molecule has 3 rings (SSSR count). The lowest BCUT2D eigenvalue weighted by Gasteiger charge is -2.43. The van der Waals surface area contributed by atoms with Crippen molar-refractivity contribution in [2.75, 3.05) is 13.1 Å². The number of fused-ring (bicyclic) bond motifs is 1. The van der Waals surface area contributed by atoms with Crippen LogP contribution < -0.4 is 10.7 Å². The van der Waals surface area contributed by atoms with E-state index in [-0.39, 0.29) is 50.0 Å². The van der Waals surface area contributed by atoms with Gasteiger partial charge in [-0.15, -0.1) is 0 Å². The number of hydrazine groups is 2. The molecule has 0 saturated carbocycles. The molecule has 2 heterocycles. The number of hydrogen-bond donors (Lipinski definition) is 5. The fourth-order valence-corrected chi connectivity index (χ4v) is 4.17. The quantitative estimate of drug-likeness (QED) is 0.290. The number of aliphatic hydroxyl groups excluding tert-OH is 2. The summed E-state index contributed by atoms with van der Waals surface area (Å²) in [6, 6.07) is -3.40. The number of aliphatic hydroxyl groups is 2. The van der Waals surface area contributed by atoms with Gasteiger partial charge in [0.05, 0.1) is 19.0 Å². The summed E-state index contributed by atoms with van der Waals surface area (Å²) in [5.41, 5.74) is 2.52. The minimum absolute atomic E-state index is 0.0217. The molecule has 2 fully saturated rings. The SMILES string of the molecule is C[C@H]1CC(O)=C(O)C=C1C(=O)NN1CCC(=O)N2CCCC(C(=O)NC(C=O)CC(=O)O)N2C1=O. The highest BCUT2D eigenvalue weighted by Crippen LogP contribution is 2.28. The van der Waals surface area contributed by atoms with E-state index in [4.69, 9.17) is 5.11 Å². The number of nitrogens with zero attached hydrogens (tertiary/aromatic N) is 3. The molecule has 0 aromatic carbocycles. The van der Waals surface area contributed by atoms with E-state index in [1.165, 1.54) is 0 Å². The standard InChI is InChI=1S/C21H27N5O9/c1-11-7-15(28)16(29)9-13(11)19(33)23-24-6-4-17(30)25-5-2-3-14(26(25)21(24)35)20(34)22-12(10-27)8-18(31)32/h9-12,14,28-29H,2-8H2,1H3,(H,22,34)(H,23,33)(H,31,32)/t11-,12?,14?/m0/s1. The summed E-state index contributed by atoms with van der Waals surface area (Å²) < 4.78 is 0. The zero-order valence-corrected chi connectivity index (χ0v) is 19.0. The average molecular weight is 493 g/mol. The largest absolute Gasteiger partial charge is 0.508 e. The number of aldehydes is 1. The van der Waals surface area contributed by atoms with Crippen LogP contribution >= 0.6 is 0 Å². The third kappa shape index (κ3) is 5.53. The van der Waals surface area contributed by atoms with E-state index in [0.29, 0.717) is 6.42 Å². The first-order valence-electron chi connectivity index (χ1n) is 11.1. The van der Waals surface area contributed by atoms with Gasteiger partial charge in [0.15, 0.2) is 5.76 Å². The minimum Gasteiger partial charge on any atom is -0.508 e. The van der Waals surface area contributed by atoms with Gasteiger partial charge in [0, 0.05) is 25.0 Å². The zero-order chi connectivity index (χ0) is 25.9. The number of hydrogen-bond acceptors (Lipinski definition) is 8. The van der Waals surface area contributed by atoms with Gasteiger partial charge in [-0.25, -0.2) is 19.8 Å². The number of carboxylic acids is 1. The van der Waals surface area contributed by atoms with Crippen molar-refractivity contribution in [1.82, 2.24) is 25.8 Å². The van der Waals surface area contributed by atoms with Gasteiger partial charge in [0.25, 0.3) is 5.91 Å². The zero-order valence-electron chi connectivity index (χ0n) is 19.0. The third-order valence-electron chi connectivity index (χ3n) is 5.97. The predicted molar refractivity (Wildman–Crippen MR) is 116 cm³/mol. The van der Waals surface area contributed by atoms with Gasteiger partial charge in [-0.2, -0.15) is 0 Å². The van der Waals surface area contributed by atoms with Crippen LogP contribution in [0.3, 0.4) is 0 Å². The molecule has 190 valence electrons. The van der Waals surface area contributed by atoms with Crippen LogP contribution in [0.25, 0.3) is 0 Å². The van der Waals surface area contributed by atoms with Crippen LogP contribution in [0.1, 0.15) is 39.0 Å². The summed E-state index contributed by atoms with van der Waals surface area (Å²) in [7, 11) is 0. The Hall–Kier alpha value is -4.10. The Morgan fingerprint density at radius 2 is 1.94 bits per heavy atom. The summed E-state index contributed by atoms with van der Waals surface area (Å²) in [6.45, 7) is 1.62. The lowest BCUT2D eigenvalue weighted by Crippen LogP contribution is -2.64. The molecule has 3 aliphatic rings. The molecule has 0 aromatic rings. The van der Waals surface area contributed by atoms with Crippen LogP contribution in [0.2, 0.25) is 0 Å². The van der Waals surface area contributed by atoms with Crippen LogP contribution in [0.15, 0.2) is 23.2 Å². The molecule has 0 bridgehead atoms. The number of amides is 5. The molecule has 14 nitrogen and oxygen atoms in total. The number of aliphatic carboxylic acids is 1. The molecule has 0 radical (unpaired) electrons. The summed E-state index contributed by atoms with van der Waals surface area (Å²) in [6.07, 6.45) is 1.12. The molecule has 5 amide bonds. The number of carbonyl (C=O) groups is 6. The van der Waals surface area contributed by atoms with Crippen molar-refractivity contribution in [3.63, 3.8) is 0 Å². The van der Waals surface area contributed by atoms with Crippen LogP contribution in [0.4, 0.5) is 4.79 Å². The van der Waals surface area contributed by atoms with Crippen LogP contribution in [0.5, 0.6) is 0 Å². The van der Waals surface area contributed by atoms with E-state index in [2.05, 4.69) is 10.7 Å². The number of nitrogens with one attached hydrogen (secondary N) is 2. The smallest absolute Gasteiger partial charge is 0.358 e. The third-order valence-corrected chi connectivity index (χ3v) is 5.97. The first-order chi connectivity index (χ1) is 16.5. The summed E-state index contributed by atoms with van der Waals surface area (Å²) >= 11 is 0. The fraction of sp³-hybridized carbons (Fsp3) is 0.524. The molecule has 1 aliphatic carbocycles. The Morgan fingerprint density at radius 3 is 2.60 bits per heavy atom. The van der Waals surface area contributed by atoms with E-state index in [0.717, 1.165) is 21.1 Å². The summed E-state index contributed by atoms with van der Waals surface area (Å²) in [5.74, 6) is -4.49. The maximum absolute atomic E-state index is 13.4. The average Bonchev–Trinajstić information content (AvgIpc) is 2.92. The van der Waals surface area contributed by atoms with E-state index in [1.807, 2.05) is 0 Å². The van der Waals surface area contributed by atoms with E-state index >= 15 is 0 Å². The van der Waals surface area contributed by atoms with Crippen LogP contribution in [0, 0.1) is 5.92 Å². The molecule has 0 spiro atoms. The molecule has 2 saturated heterocycles.